The molecule has 2 aromatic rings. The van der Waals surface area contributed by atoms with Gasteiger partial charge in [-0.05, 0) is 42.0 Å². The van der Waals surface area contributed by atoms with Crippen LogP contribution in [0.2, 0.25) is 0 Å². The molecule has 0 saturated carbocycles. The molecule has 2 rings (SSSR count). The summed E-state index contributed by atoms with van der Waals surface area (Å²) in [6.45, 7) is 0.703. The van der Waals surface area contributed by atoms with Crippen LogP contribution in [0.5, 0.6) is 0 Å². The third-order valence-electron chi connectivity index (χ3n) is 3.39. The Labute approximate surface area is 146 Å². The summed E-state index contributed by atoms with van der Waals surface area (Å²) in [4.78, 5) is 12.1. The fourth-order valence-corrected chi connectivity index (χ4v) is 3.05. The third-order valence-corrected chi connectivity index (χ3v) is 4.87. The molecule has 1 amide bonds. The number of amides is 1. The number of nitrogens with one attached hydrogen (secondary N) is 2. The summed E-state index contributed by atoms with van der Waals surface area (Å²) in [6.07, 6.45) is 0. The van der Waals surface area contributed by atoms with Crippen molar-refractivity contribution in [3.05, 3.63) is 65.5 Å². The lowest BCUT2D eigenvalue weighted by Crippen LogP contribution is -2.27. The molecule has 0 spiro atoms. The van der Waals surface area contributed by atoms with Crippen molar-refractivity contribution in [1.82, 2.24) is 10.0 Å². The zero-order valence-electron chi connectivity index (χ0n) is 13.7. The largest absolute Gasteiger partial charge is 0.383 e. The quantitative estimate of drug-likeness (QED) is 0.696. The zero-order chi connectivity index (χ0) is 18.3. The van der Waals surface area contributed by atoms with E-state index in [2.05, 4.69) is 10.0 Å². The highest BCUT2D eigenvalue weighted by Gasteiger charge is 2.13. The van der Waals surface area contributed by atoms with Crippen molar-refractivity contribution in [2.75, 3.05) is 20.3 Å². The van der Waals surface area contributed by atoms with Crippen LogP contribution >= 0.6 is 0 Å². The van der Waals surface area contributed by atoms with Gasteiger partial charge in [0.2, 0.25) is 10.0 Å². The standard InChI is InChI=1S/C17H19FN2O4S/c1-24-11-10-20-25(22,23)16-8-2-13(3-9-16)12-19-17(21)14-4-6-15(18)7-5-14/h2-9,20H,10-12H2,1H3,(H,19,21). The Morgan fingerprint density at radius 1 is 1.08 bits per heavy atom. The molecule has 0 bridgehead atoms. The number of carbonyl (C=O) groups excluding carboxylic acids is 1. The number of halogens is 1. The number of sulfonamides is 1. The minimum atomic E-state index is -3.58. The minimum Gasteiger partial charge on any atom is -0.383 e. The number of carbonyl (C=O) groups is 1. The first-order valence-electron chi connectivity index (χ1n) is 7.54. The smallest absolute Gasteiger partial charge is 0.251 e. The van der Waals surface area contributed by atoms with Crippen molar-refractivity contribution in [2.45, 2.75) is 11.4 Å². The summed E-state index contributed by atoms with van der Waals surface area (Å²) in [5.74, 6) is -0.745. The highest BCUT2D eigenvalue weighted by atomic mass is 32.2. The molecule has 0 aromatic heterocycles. The second-order valence-electron chi connectivity index (χ2n) is 5.22. The van der Waals surface area contributed by atoms with E-state index >= 15 is 0 Å². The molecule has 0 fully saturated rings. The minimum absolute atomic E-state index is 0.136. The van der Waals surface area contributed by atoms with Gasteiger partial charge in [0.1, 0.15) is 5.82 Å². The molecule has 2 aromatic carbocycles. The summed E-state index contributed by atoms with van der Waals surface area (Å²) in [5.41, 5.74) is 1.09. The first-order chi connectivity index (χ1) is 11.9. The fraction of sp³-hybridized carbons (Fsp3) is 0.235. The second-order valence-corrected chi connectivity index (χ2v) is 6.99. The predicted octanol–water partition coefficient (Wildman–Crippen LogP) is 1.68. The number of rotatable bonds is 8. The van der Waals surface area contributed by atoms with Crippen LogP contribution in [0.15, 0.2) is 53.4 Å². The maximum atomic E-state index is 12.8. The van der Waals surface area contributed by atoms with Crippen molar-refractivity contribution in [3.63, 3.8) is 0 Å². The van der Waals surface area contributed by atoms with Crippen LogP contribution in [-0.4, -0.2) is 34.6 Å². The topological polar surface area (TPSA) is 84.5 Å². The van der Waals surface area contributed by atoms with Crippen LogP contribution in [0.3, 0.4) is 0 Å². The van der Waals surface area contributed by atoms with Crippen LogP contribution in [0.1, 0.15) is 15.9 Å². The van der Waals surface area contributed by atoms with Crippen LogP contribution in [-0.2, 0) is 21.3 Å². The molecule has 134 valence electrons. The number of benzene rings is 2. The van der Waals surface area contributed by atoms with E-state index in [0.717, 1.165) is 5.56 Å². The van der Waals surface area contributed by atoms with E-state index in [1.165, 1.54) is 43.5 Å². The van der Waals surface area contributed by atoms with Crippen LogP contribution in [0.25, 0.3) is 0 Å². The Morgan fingerprint density at radius 3 is 2.32 bits per heavy atom. The van der Waals surface area contributed by atoms with Crippen molar-refractivity contribution in [3.8, 4) is 0 Å². The summed E-state index contributed by atoms with van der Waals surface area (Å²) in [6, 6.07) is 11.4. The SMILES string of the molecule is COCCNS(=O)(=O)c1ccc(CNC(=O)c2ccc(F)cc2)cc1. The molecule has 0 aliphatic rings. The molecule has 0 heterocycles. The first-order valence-corrected chi connectivity index (χ1v) is 9.02. The third kappa shape index (κ3) is 5.63. The Balaban J connectivity index is 1.94. The van der Waals surface area contributed by atoms with E-state index in [4.69, 9.17) is 4.74 Å². The number of hydrogen-bond donors (Lipinski definition) is 2. The summed E-state index contributed by atoms with van der Waals surface area (Å²) < 4.78 is 44.1. The maximum Gasteiger partial charge on any atom is 0.251 e. The lowest BCUT2D eigenvalue weighted by molar-refractivity contribution is 0.0951. The average Bonchev–Trinajstić information content (AvgIpc) is 2.61. The van der Waals surface area contributed by atoms with Gasteiger partial charge < -0.3 is 10.1 Å². The molecule has 0 radical (unpaired) electrons. The Kier molecular flexibility index (Phi) is 6.63. The van der Waals surface area contributed by atoms with Gasteiger partial charge in [0, 0.05) is 25.8 Å². The monoisotopic (exact) mass is 366 g/mol. The Bertz CT molecular complexity index is 806. The van der Waals surface area contributed by atoms with Gasteiger partial charge in [-0.25, -0.2) is 17.5 Å². The summed E-state index contributed by atoms with van der Waals surface area (Å²) in [7, 11) is -2.09. The van der Waals surface area contributed by atoms with Gasteiger partial charge in [0.05, 0.1) is 11.5 Å². The predicted molar refractivity (Wildman–Crippen MR) is 91.1 cm³/mol. The highest BCUT2D eigenvalue weighted by Crippen LogP contribution is 2.11. The summed E-state index contributed by atoms with van der Waals surface area (Å²) in [5, 5.41) is 2.69. The number of hydrogen-bond acceptors (Lipinski definition) is 4. The molecule has 0 aliphatic carbocycles. The first kappa shape index (κ1) is 19.0. The second kappa shape index (κ2) is 8.70. The lowest BCUT2D eigenvalue weighted by Gasteiger charge is -2.08. The van der Waals surface area contributed by atoms with E-state index in [9.17, 15) is 17.6 Å². The molecular formula is C17H19FN2O4S. The van der Waals surface area contributed by atoms with Crippen molar-refractivity contribution in [1.29, 1.82) is 0 Å². The van der Waals surface area contributed by atoms with Crippen LogP contribution < -0.4 is 10.0 Å². The zero-order valence-corrected chi connectivity index (χ0v) is 14.5. The highest BCUT2D eigenvalue weighted by molar-refractivity contribution is 7.89. The Morgan fingerprint density at radius 2 is 1.72 bits per heavy atom. The van der Waals surface area contributed by atoms with Gasteiger partial charge in [-0.15, -0.1) is 0 Å². The molecule has 0 aliphatic heterocycles. The van der Waals surface area contributed by atoms with E-state index < -0.39 is 15.8 Å². The van der Waals surface area contributed by atoms with E-state index in [-0.39, 0.29) is 30.5 Å². The van der Waals surface area contributed by atoms with Crippen molar-refractivity contribution < 1.29 is 22.3 Å². The fourth-order valence-electron chi connectivity index (χ4n) is 2.03. The van der Waals surface area contributed by atoms with Gasteiger partial charge in [0.15, 0.2) is 0 Å². The van der Waals surface area contributed by atoms with Crippen LogP contribution in [0, 0.1) is 5.82 Å². The molecular weight excluding hydrogens is 347 g/mol. The lowest BCUT2D eigenvalue weighted by atomic mass is 10.2. The van der Waals surface area contributed by atoms with Crippen LogP contribution in [0.4, 0.5) is 4.39 Å². The van der Waals surface area contributed by atoms with E-state index in [1.807, 2.05) is 0 Å². The molecule has 6 nitrogen and oxygen atoms in total. The molecule has 8 heteroatoms. The van der Waals surface area contributed by atoms with Crippen molar-refractivity contribution in [2.24, 2.45) is 0 Å². The molecule has 0 atom stereocenters. The number of ether oxygens (including phenoxy) is 1. The Hall–Kier alpha value is -2.29. The molecule has 0 unspecified atom stereocenters. The van der Waals surface area contributed by atoms with Crippen molar-refractivity contribution >= 4 is 15.9 Å². The van der Waals surface area contributed by atoms with Gasteiger partial charge in [-0.3, -0.25) is 4.79 Å². The van der Waals surface area contributed by atoms with Gasteiger partial charge >= 0.3 is 0 Å². The molecule has 0 saturated heterocycles. The van der Waals surface area contributed by atoms with Gasteiger partial charge in [-0.2, -0.15) is 0 Å². The van der Waals surface area contributed by atoms with Gasteiger partial charge in [0.25, 0.3) is 5.91 Å². The van der Waals surface area contributed by atoms with E-state index in [0.29, 0.717) is 5.56 Å². The number of methoxy groups -OCH3 is 1. The normalized spacial score (nSPS) is 11.3. The average molecular weight is 366 g/mol. The van der Waals surface area contributed by atoms with E-state index in [1.54, 1.807) is 12.1 Å². The maximum absolute atomic E-state index is 12.8. The van der Waals surface area contributed by atoms with Gasteiger partial charge in [-0.1, -0.05) is 12.1 Å². The molecule has 2 N–H and O–H groups in total. The summed E-state index contributed by atoms with van der Waals surface area (Å²) >= 11 is 0. The molecule has 25 heavy (non-hydrogen) atoms.